The average molecular weight is 203 g/mol. The van der Waals surface area contributed by atoms with Gasteiger partial charge in [-0.1, -0.05) is 0 Å². The summed E-state index contributed by atoms with van der Waals surface area (Å²) in [4.78, 5) is 0. The van der Waals surface area contributed by atoms with Gasteiger partial charge in [-0.3, -0.25) is 0 Å². The van der Waals surface area contributed by atoms with Gasteiger partial charge in [-0.2, -0.15) is 5.26 Å². The molecule has 2 aromatic rings. The normalized spacial score (nSPS) is 10.3. The van der Waals surface area contributed by atoms with Crippen LogP contribution in [0, 0.1) is 18.3 Å². The highest BCUT2D eigenvalue weighted by Gasteiger charge is 2.07. The van der Waals surface area contributed by atoms with E-state index in [-0.39, 0.29) is 5.75 Å². The number of hydrogen-bond acceptors (Lipinski definition) is 3. The molecule has 1 heterocycles. The fraction of sp³-hybridized carbons (Fsp3) is 0.182. The first-order chi connectivity index (χ1) is 6.72. The molecule has 0 saturated heterocycles. The van der Waals surface area contributed by atoms with Crippen LogP contribution in [0.2, 0.25) is 0 Å². The van der Waals surface area contributed by atoms with E-state index in [0.29, 0.717) is 6.42 Å². The fourth-order valence-corrected chi connectivity index (χ4v) is 2.58. The second-order valence-corrected chi connectivity index (χ2v) is 4.11. The molecule has 0 amide bonds. The monoisotopic (exact) mass is 203 g/mol. The minimum Gasteiger partial charge on any atom is -0.508 e. The van der Waals surface area contributed by atoms with Crippen LogP contribution in [0.5, 0.6) is 5.75 Å². The molecule has 70 valence electrons. The van der Waals surface area contributed by atoms with Gasteiger partial charge in [0.1, 0.15) is 5.75 Å². The van der Waals surface area contributed by atoms with E-state index >= 15 is 0 Å². The van der Waals surface area contributed by atoms with Crippen LogP contribution in [0.25, 0.3) is 10.1 Å². The maximum absolute atomic E-state index is 9.48. The molecular weight excluding hydrogens is 194 g/mol. The number of aryl methyl sites for hydroxylation is 1. The molecule has 2 rings (SSSR count). The van der Waals surface area contributed by atoms with Crippen LogP contribution in [0.1, 0.15) is 11.1 Å². The average Bonchev–Trinajstić information content (AvgIpc) is 2.49. The molecule has 2 nitrogen and oxygen atoms in total. The van der Waals surface area contributed by atoms with E-state index in [4.69, 9.17) is 5.26 Å². The topological polar surface area (TPSA) is 44.0 Å². The van der Waals surface area contributed by atoms with Crippen LogP contribution in [0.3, 0.4) is 0 Å². The highest BCUT2D eigenvalue weighted by molar-refractivity contribution is 7.17. The maximum atomic E-state index is 9.48. The highest BCUT2D eigenvalue weighted by Crippen LogP contribution is 2.32. The van der Waals surface area contributed by atoms with Gasteiger partial charge in [-0.15, -0.1) is 11.3 Å². The molecule has 0 atom stereocenters. The molecule has 0 unspecified atom stereocenters. The number of thiophene rings is 1. The molecule has 0 spiro atoms. The third-order valence-corrected chi connectivity index (χ3v) is 3.39. The smallest absolute Gasteiger partial charge is 0.116 e. The van der Waals surface area contributed by atoms with Gasteiger partial charge in [0.15, 0.2) is 0 Å². The molecule has 1 N–H and O–H groups in total. The van der Waals surface area contributed by atoms with Gasteiger partial charge in [-0.25, -0.2) is 0 Å². The van der Waals surface area contributed by atoms with E-state index in [0.717, 1.165) is 21.2 Å². The van der Waals surface area contributed by atoms with E-state index < -0.39 is 0 Å². The molecular formula is C11H9NOS. The molecule has 0 aliphatic rings. The van der Waals surface area contributed by atoms with Crippen LogP contribution in [0.15, 0.2) is 17.5 Å². The summed E-state index contributed by atoms with van der Waals surface area (Å²) < 4.78 is 1.11. The Bertz CT molecular complexity index is 522. The molecule has 0 fully saturated rings. The summed E-state index contributed by atoms with van der Waals surface area (Å²) in [5.41, 5.74) is 2.07. The van der Waals surface area contributed by atoms with Crippen molar-refractivity contribution >= 4 is 21.4 Å². The molecule has 3 heteroatoms. The van der Waals surface area contributed by atoms with Crippen molar-refractivity contribution in [3.8, 4) is 11.8 Å². The van der Waals surface area contributed by atoms with Crippen molar-refractivity contribution in [1.82, 2.24) is 0 Å². The zero-order valence-electron chi connectivity index (χ0n) is 7.74. The zero-order valence-corrected chi connectivity index (χ0v) is 8.56. The summed E-state index contributed by atoms with van der Waals surface area (Å²) in [7, 11) is 0. The Morgan fingerprint density at radius 3 is 3.00 bits per heavy atom. The van der Waals surface area contributed by atoms with Crippen molar-refractivity contribution in [2.75, 3.05) is 0 Å². The summed E-state index contributed by atoms with van der Waals surface area (Å²) in [5, 5.41) is 21.2. The minimum absolute atomic E-state index is 0.240. The highest BCUT2D eigenvalue weighted by atomic mass is 32.1. The van der Waals surface area contributed by atoms with E-state index in [1.54, 1.807) is 23.5 Å². The second kappa shape index (κ2) is 3.32. The fourth-order valence-electron chi connectivity index (χ4n) is 1.53. The summed E-state index contributed by atoms with van der Waals surface area (Å²) in [6, 6.07) is 5.53. The van der Waals surface area contributed by atoms with Gasteiger partial charge in [0.2, 0.25) is 0 Å². The predicted octanol–water partition coefficient (Wildman–Crippen LogP) is 2.98. The van der Waals surface area contributed by atoms with Crippen LogP contribution in [0.4, 0.5) is 0 Å². The van der Waals surface area contributed by atoms with Gasteiger partial charge < -0.3 is 5.11 Å². The Labute approximate surface area is 86.0 Å². The van der Waals surface area contributed by atoms with Crippen LogP contribution in [-0.2, 0) is 6.42 Å². The molecule has 0 aliphatic heterocycles. The van der Waals surface area contributed by atoms with E-state index in [9.17, 15) is 5.11 Å². The quantitative estimate of drug-likeness (QED) is 0.774. The van der Waals surface area contributed by atoms with Gasteiger partial charge in [0.25, 0.3) is 0 Å². The first-order valence-corrected chi connectivity index (χ1v) is 5.17. The van der Waals surface area contributed by atoms with E-state index in [2.05, 4.69) is 6.07 Å². The molecule has 0 aliphatic carbocycles. The van der Waals surface area contributed by atoms with Crippen molar-refractivity contribution in [2.45, 2.75) is 13.3 Å². The molecule has 1 aromatic heterocycles. The minimum atomic E-state index is 0.240. The first-order valence-electron chi connectivity index (χ1n) is 4.29. The van der Waals surface area contributed by atoms with Crippen molar-refractivity contribution in [3.05, 3.63) is 28.6 Å². The number of aromatic hydroxyl groups is 1. The standard InChI is InChI=1S/C11H9NOS/c1-7-6-14-11-8(2-3-12)4-9(13)5-10(7)11/h4-6,13H,2H2,1H3. The van der Waals surface area contributed by atoms with E-state index in [1.165, 1.54) is 0 Å². The number of nitriles is 1. The largest absolute Gasteiger partial charge is 0.508 e. The molecule has 0 radical (unpaired) electrons. The van der Waals surface area contributed by atoms with Crippen molar-refractivity contribution in [3.63, 3.8) is 0 Å². The molecule has 14 heavy (non-hydrogen) atoms. The van der Waals surface area contributed by atoms with Crippen LogP contribution in [-0.4, -0.2) is 5.11 Å². The van der Waals surface area contributed by atoms with Gasteiger partial charge in [0, 0.05) is 4.70 Å². The number of rotatable bonds is 1. The molecule has 1 aromatic carbocycles. The third kappa shape index (κ3) is 1.34. The van der Waals surface area contributed by atoms with Crippen molar-refractivity contribution < 1.29 is 5.11 Å². The third-order valence-electron chi connectivity index (χ3n) is 2.20. The number of hydrogen-bond donors (Lipinski definition) is 1. The Hall–Kier alpha value is -1.53. The summed E-state index contributed by atoms with van der Waals surface area (Å²) in [6.07, 6.45) is 0.352. The Morgan fingerprint density at radius 2 is 2.29 bits per heavy atom. The molecule has 0 saturated carbocycles. The number of phenols is 1. The SMILES string of the molecule is Cc1csc2c(CC#N)cc(O)cc12. The summed E-state index contributed by atoms with van der Waals surface area (Å²) in [6.45, 7) is 2.01. The number of fused-ring (bicyclic) bond motifs is 1. The lowest BCUT2D eigenvalue weighted by Gasteiger charge is -2.00. The lowest BCUT2D eigenvalue weighted by molar-refractivity contribution is 0.475. The first kappa shape index (κ1) is 9.04. The Balaban J connectivity index is 2.76. The van der Waals surface area contributed by atoms with Crippen molar-refractivity contribution in [1.29, 1.82) is 5.26 Å². The Kier molecular flexibility index (Phi) is 2.14. The zero-order chi connectivity index (χ0) is 10.1. The van der Waals surface area contributed by atoms with Gasteiger partial charge in [-0.05, 0) is 40.9 Å². The maximum Gasteiger partial charge on any atom is 0.116 e. The van der Waals surface area contributed by atoms with E-state index in [1.807, 2.05) is 12.3 Å². The van der Waals surface area contributed by atoms with Crippen molar-refractivity contribution in [2.24, 2.45) is 0 Å². The number of benzene rings is 1. The summed E-state index contributed by atoms with van der Waals surface area (Å²) >= 11 is 1.63. The second-order valence-electron chi connectivity index (χ2n) is 3.24. The van der Waals surface area contributed by atoms with Crippen LogP contribution < -0.4 is 0 Å². The van der Waals surface area contributed by atoms with Gasteiger partial charge in [0.05, 0.1) is 12.5 Å². The van der Waals surface area contributed by atoms with Crippen LogP contribution >= 0.6 is 11.3 Å². The van der Waals surface area contributed by atoms with Gasteiger partial charge >= 0.3 is 0 Å². The predicted molar refractivity (Wildman–Crippen MR) is 57.5 cm³/mol. The molecule has 0 bridgehead atoms. The number of nitrogens with zero attached hydrogens (tertiary/aromatic N) is 1. The Morgan fingerprint density at radius 1 is 1.50 bits per heavy atom. The summed E-state index contributed by atoms with van der Waals surface area (Å²) in [5.74, 6) is 0.240. The number of phenolic OH excluding ortho intramolecular Hbond substituents is 1. The lowest BCUT2D eigenvalue weighted by Crippen LogP contribution is -1.81. The lowest BCUT2D eigenvalue weighted by atomic mass is 10.1.